The van der Waals surface area contributed by atoms with Gasteiger partial charge >= 0.3 is 0 Å². The van der Waals surface area contributed by atoms with Crippen LogP contribution in [0.3, 0.4) is 0 Å². The number of nitrogens with zero attached hydrogens (tertiary/aromatic N) is 4. The summed E-state index contributed by atoms with van der Waals surface area (Å²) in [5, 5.41) is 9.86. The molecule has 0 bridgehead atoms. The smallest absolute Gasteiger partial charge is 0.261 e. The molecular weight excluding hydrogens is 494 g/mol. The molecule has 0 radical (unpaired) electrons. The number of aryl methyl sites for hydroxylation is 2. The van der Waals surface area contributed by atoms with Crippen LogP contribution in [-0.2, 0) is 11.3 Å². The maximum Gasteiger partial charge on any atom is 0.261 e. The maximum atomic E-state index is 12.6. The van der Waals surface area contributed by atoms with Crippen LogP contribution in [0.1, 0.15) is 12.1 Å². The minimum Gasteiger partial charge on any atom is -0.497 e. The number of hydrogen-bond donors (Lipinski definition) is 3. The number of methoxy groups -OCH3 is 1. The largest absolute Gasteiger partial charge is 0.497 e. The van der Waals surface area contributed by atoms with Gasteiger partial charge in [0, 0.05) is 41.8 Å². The van der Waals surface area contributed by atoms with Crippen LogP contribution in [0, 0.1) is 6.92 Å². The average Bonchev–Trinajstić information content (AvgIpc) is 2.94. The van der Waals surface area contributed by atoms with Gasteiger partial charge in [-0.05, 0) is 67.6 Å². The van der Waals surface area contributed by atoms with Gasteiger partial charge in [0.2, 0.25) is 11.9 Å². The number of hydrogen-bond acceptors (Lipinski definition) is 8. The van der Waals surface area contributed by atoms with E-state index in [1.807, 2.05) is 55.5 Å². The lowest BCUT2D eigenvalue weighted by Crippen LogP contribution is -2.23. The van der Waals surface area contributed by atoms with Gasteiger partial charge in [-0.25, -0.2) is 9.97 Å². The van der Waals surface area contributed by atoms with E-state index >= 15 is 0 Å². The number of para-hydroxylation sites is 1. The van der Waals surface area contributed by atoms with Crippen LogP contribution < -0.4 is 26.2 Å². The molecule has 39 heavy (non-hydrogen) atoms. The van der Waals surface area contributed by atoms with Gasteiger partial charge in [-0.1, -0.05) is 12.1 Å². The first-order valence-electron chi connectivity index (χ1n) is 12.3. The number of ether oxygens (including phenoxy) is 1. The monoisotopic (exact) mass is 521 g/mol. The predicted molar refractivity (Wildman–Crippen MR) is 152 cm³/mol. The summed E-state index contributed by atoms with van der Waals surface area (Å²) in [5.41, 5.74) is 3.56. The van der Waals surface area contributed by atoms with E-state index in [1.54, 1.807) is 37.4 Å². The van der Waals surface area contributed by atoms with Crippen molar-refractivity contribution in [1.29, 1.82) is 0 Å². The lowest BCUT2D eigenvalue weighted by atomic mass is 10.2. The Bertz CT molecular complexity index is 1670. The molecule has 0 atom stereocenters. The van der Waals surface area contributed by atoms with Crippen molar-refractivity contribution in [1.82, 2.24) is 19.5 Å². The first-order chi connectivity index (χ1) is 19.0. The van der Waals surface area contributed by atoms with E-state index in [0.29, 0.717) is 28.4 Å². The van der Waals surface area contributed by atoms with Crippen molar-refractivity contribution < 1.29 is 9.53 Å². The minimum atomic E-state index is -0.202. The van der Waals surface area contributed by atoms with Crippen LogP contribution in [0.2, 0.25) is 0 Å². The molecule has 0 unspecified atom stereocenters. The van der Waals surface area contributed by atoms with Gasteiger partial charge < -0.3 is 20.7 Å². The Morgan fingerprint density at radius 3 is 2.36 bits per heavy atom. The lowest BCUT2D eigenvalue weighted by Gasteiger charge is -2.11. The number of nitrogens with one attached hydrogen (secondary N) is 3. The molecule has 1 amide bonds. The number of fused-ring (bicyclic) bond motifs is 1. The summed E-state index contributed by atoms with van der Waals surface area (Å²) in [6.45, 7) is 2.13. The van der Waals surface area contributed by atoms with E-state index in [4.69, 9.17) is 4.74 Å². The SMILES string of the molecule is COc1ccc(Nc2cc(C)nc(Nc3ccc(NC(=O)CCn4cnc5ccccc5c4=O)cc3)n2)cc1. The molecule has 5 rings (SSSR count). The van der Waals surface area contributed by atoms with Crippen LogP contribution in [-0.4, -0.2) is 32.5 Å². The Hall–Kier alpha value is -5.25. The standard InChI is InChI=1S/C29H27N7O3/c1-19-17-26(32-20-11-13-23(39-2)14-12-20)35-29(31-19)34-22-9-7-21(8-10-22)33-27(37)15-16-36-18-30-25-6-4-3-5-24(25)28(36)38/h3-14,17-18H,15-16H2,1-2H3,(H,33,37)(H2,31,32,34,35). The molecule has 3 aromatic carbocycles. The molecule has 0 saturated heterocycles. The summed E-state index contributed by atoms with van der Waals surface area (Å²) < 4.78 is 6.65. The Labute approximate surface area is 224 Å². The second-order valence-electron chi connectivity index (χ2n) is 8.83. The summed E-state index contributed by atoms with van der Waals surface area (Å²) in [4.78, 5) is 38.4. The van der Waals surface area contributed by atoms with Crippen molar-refractivity contribution in [3.05, 3.63) is 101 Å². The van der Waals surface area contributed by atoms with Gasteiger partial charge in [0.05, 0.1) is 24.3 Å². The Kier molecular flexibility index (Phi) is 7.44. The summed E-state index contributed by atoms with van der Waals surface area (Å²) in [7, 11) is 1.63. The van der Waals surface area contributed by atoms with Crippen LogP contribution >= 0.6 is 0 Å². The Balaban J connectivity index is 1.18. The highest BCUT2D eigenvalue weighted by Gasteiger charge is 2.08. The lowest BCUT2D eigenvalue weighted by molar-refractivity contribution is -0.116. The first kappa shape index (κ1) is 25.4. The molecule has 10 heteroatoms. The van der Waals surface area contributed by atoms with Crippen molar-refractivity contribution in [3.63, 3.8) is 0 Å². The summed E-state index contributed by atoms with van der Waals surface area (Å²) in [6, 6.07) is 23.8. The summed E-state index contributed by atoms with van der Waals surface area (Å²) in [6.07, 6.45) is 1.62. The molecule has 3 N–H and O–H groups in total. The van der Waals surface area contributed by atoms with E-state index in [9.17, 15) is 9.59 Å². The van der Waals surface area contributed by atoms with E-state index in [2.05, 4.69) is 30.9 Å². The van der Waals surface area contributed by atoms with Gasteiger partial charge in [-0.15, -0.1) is 0 Å². The maximum absolute atomic E-state index is 12.6. The van der Waals surface area contributed by atoms with Crippen molar-refractivity contribution in [3.8, 4) is 5.75 Å². The van der Waals surface area contributed by atoms with E-state index < -0.39 is 0 Å². The van der Waals surface area contributed by atoms with Crippen LogP contribution in [0.4, 0.5) is 28.8 Å². The van der Waals surface area contributed by atoms with Crippen LogP contribution in [0.5, 0.6) is 5.75 Å². The van der Waals surface area contributed by atoms with E-state index in [0.717, 1.165) is 22.8 Å². The summed E-state index contributed by atoms with van der Waals surface area (Å²) in [5.74, 6) is 1.67. The zero-order valence-electron chi connectivity index (χ0n) is 21.5. The minimum absolute atomic E-state index is 0.140. The summed E-state index contributed by atoms with van der Waals surface area (Å²) >= 11 is 0. The molecule has 0 spiro atoms. The molecule has 10 nitrogen and oxygen atoms in total. The van der Waals surface area contributed by atoms with E-state index in [-0.39, 0.29) is 24.4 Å². The molecule has 196 valence electrons. The number of benzene rings is 3. The number of aromatic nitrogens is 4. The molecule has 5 aromatic rings. The third-order valence-electron chi connectivity index (χ3n) is 5.95. The molecule has 0 fully saturated rings. The fraction of sp³-hybridized carbons (Fsp3) is 0.138. The quantitative estimate of drug-likeness (QED) is 0.247. The fourth-order valence-electron chi connectivity index (χ4n) is 3.99. The number of amides is 1. The van der Waals surface area contributed by atoms with Crippen LogP contribution in [0.15, 0.2) is 90.0 Å². The predicted octanol–water partition coefficient (Wildman–Crippen LogP) is 5.02. The highest BCUT2D eigenvalue weighted by molar-refractivity contribution is 5.90. The second-order valence-corrected chi connectivity index (χ2v) is 8.83. The normalized spacial score (nSPS) is 10.7. The average molecular weight is 522 g/mol. The highest BCUT2D eigenvalue weighted by Crippen LogP contribution is 2.22. The third kappa shape index (κ3) is 6.37. The molecular formula is C29H27N7O3. The molecule has 0 aliphatic heterocycles. The Morgan fingerprint density at radius 1 is 0.897 bits per heavy atom. The van der Waals surface area contributed by atoms with Crippen molar-refractivity contribution in [2.45, 2.75) is 19.9 Å². The Morgan fingerprint density at radius 2 is 1.59 bits per heavy atom. The number of carbonyl (C=O) groups excluding carboxylic acids is 1. The molecule has 2 heterocycles. The van der Waals surface area contributed by atoms with Gasteiger partial charge in [0.25, 0.3) is 5.56 Å². The molecule has 0 aliphatic rings. The highest BCUT2D eigenvalue weighted by atomic mass is 16.5. The zero-order chi connectivity index (χ0) is 27.2. The topological polar surface area (TPSA) is 123 Å². The van der Waals surface area contributed by atoms with Gasteiger partial charge in [-0.3, -0.25) is 14.2 Å². The number of anilines is 5. The van der Waals surface area contributed by atoms with Crippen molar-refractivity contribution >= 4 is 45.6 Å². The van der Waals surface area contributed by atoms with Gasteiger partial charge in [0.1, 0.15) is 11.6 Å². The number of rotatable bonds is 9. The van der Waals surface area contributed by atoms with E-state index in [1.165, 1.54) is 10.9 Å². The second kappa shape index (κ2) is 11.4. The molecule has 0 aliphatic carbocycles. The third-order valence-corrected chi connectivity index (χ3v) is 5.95. The van der Waals surface area contributed by atoms with Crippen molar-refractivity contribution in [2.75, 3.05) is 23.1 Å². The first-order valence-corrected chi connectivity index (χ1v) is 12.3. The van der Waals surface area contributed by atoms with Gasteiger partial charge in [-0.2, -0.15) is 4.98 Å². The molecule has 0 saturated carbocycles. The zero-order valence-corrected chi connectivity index (χ0v) is 21.5. The van der Waals surface area contributed by atoms with Gasteiger partial charge in [0.15, 0.2) is 0 Å². The fourth-order valence-corrected chi connectivity index (χ4v) is 3.99. The van der Waals surface area contributed by atoms with Crippen LogP contribution in [0.25, 0.3) is 10.9 Å². The number of carbonyl (C=O) groups is 1. The van der Waals surface area contributed by atoms with Crippen molar-refractivity contribution in [2.24, 2.45) is 0 Å². The molecule has 2 aromatic heterocycles.